The van der Waals surface area contributed by atoms with Crippen molar-refractivity contribution in [2.75, 3.05) is 0 Å². The lowest BCUT2D eigenvalue weighted by Crippen LogP contribution is -2.59. The van der Waals surface area contributed by atoms with Crippen molar-refractivity contribution in [1.82, 2.24) is 10.6 Å². The zero-order valence-electron chi connectivity index (χ0n) is 15.5. The second-order valence-corrected chi connectivity index (χ2v) is 8.61. The lowest BCUT2D eigenvalue weighted by atomic mass is 9.63. The summed E-state index contributed by atoms with van der Waals surface area (Å²) in [5.41, 5.74) is 0.834. The predicted octanol–water partition coefficient (Wildman–Crippen LogP) is 3.94. The van der Waals surface area contributed by atoms with Gasteiger partial charge in [-0.3, -0.25) is 9.59 Å². The standard InChI is InChI=1S/C22H27ClN2O2/c23-19-8-4-1-5-14(19)9-12-21(26)24-15-10-11-17-16-6-2-3-7-18(16)22(27)25-20(17)13-15/h1,4-5,8-9,12,15-18,20H,2-3,6-7,10-11,13H2,(H,24,26)(H,25,27)/b12-9+. The third kappa shape index (κ3) is 4.06. The smallest absolute Gasteiger partial charge is 0.244 e. The van der Waals surface area contributed by atoms with Crippen molar-refractivity contribution < 1.29 is 9.59 Å². The molecule has 1 aliphatic heterocycles. The van der Waals surface area contributed by atoms with Crippen LogP contribution in [0.3, 0.4) is 0 Å². The Bertz CT molecular complexity index is 748. The van der Waals surface area contributed by atoms with Crippen LogP contribution in [0.5, 0.6) is 0 Å². The molecule has 4 rings (SSSR count). The highest BCUT2D eigenvalue weighted by molar-refractivity contribution is 6.32. The summed E-state index contributed by atoms with van der Waals surface area (Å²) in [4.78, 5) is 24.8. The molecule has 4 nitrogen and oxygen atoms in total. The van der Waals surface area contributed by atoms with E-state index < -0.39 is 0 Å². The highest BCUT2D eigenvalue weighted by Gasteiger charge is 2.46. The molecule has 2 saturated carbocycles. The Hall–Kier alpha value is -1.81. The fourth-order valence-corrected chi connectivity index (χ4v) is 5.51. The van der Waals surface area contributed by atoms with E-state index in [1.165, 1.54) is 19.3 Å². The van der Waals surface area contributed by atoms with Crippen molar-refractivity contribution >= 4 is 29.5 Å². The molecule has 1 aromatic rings. The Morgan fingerprint density at radius 1 is 1.11 bits per heavy atom. The number of rotatable bonds is 3. The number of carbonyl (C=O) groups excluding carboxylic acids is 2. The van der Waals surface area contributed by atoms with Gasteiger partial charge in [0.05, 0.1) is 0 Å². The Balaban J connectivity index is 1.35. The number of nitrogens with one attached hydrogen (secondary N) is 2. The minimum atomic E-state index is -0.101. The minimum absolute atomic E-state index is 0.101. The molecular formula is C22H27ClN2O2. The van der Waals surface area contributed by atoms with Gasteiger partial charge in [-0.25, -0.2) is 0 Å². The third-order valence-electron chi connectivity index (χ3n) is 6.60. The molecule has 3 aliphatic rings. The van der Waals surface area contributed by atoms with Gasteiger partial charge in [0.1, 0.15) is 0 Å². The van der Waals surface area contributed by atoms with E-state index >= 15 is 0 Å². The summed E-state index contributed by atoms with van der Waals surface area (Å²) in [6.07, 6.45) is 10.9. The Kier molecular flexibility index (Phi) is 5.53. The van der Waals surface area contributed by atoms with Gasteiger partial charge in [-0.05, 0) is 61.6 Å². The highest BCUT2D eigenvalue weighted by atomic mass is 35.5. The number of halogens is 1. The summed E-state index contributed by atoms with van der Waals surface area (Å²) < 4.78 is 0. The van der Waals surface area contributed by atoms with E-state index in [0.29, 0.717) is 16.9 Å². The van der Waals surface area contributed by atoms with E-state index in [4.69, 9.17) is 11.6 Å². The number of piperidine rings is 1. The molecule has 1 aromatic carbocycles. The fraction of sp³-hybridized carbons (Fsp3) is 0.545. The summed E-state index contributed by atoms with van der Waals surface area (Å²) in [7, 11) is 0. The lowest BCUT2D eigenvalue weighted by molar-refractivity contribution is -0.135. The topological polar surface area (TPSA) is 58.2 Å². The molecule has 0 spiro atoms. The van der Waals surface area contributed by atoms with Gasteiger partial charge < -0.3 is 10.6 Å². The van der Waals surface area contributed by atoms with Crippen LogP contribution >= 0.6 is 11.6 Å². The van der Waals surface area contributed by atoms with Crippen LogP contribution in [-0.4, -0.2) is 23.9 Å². The maximum absolute atomic E-state index is 12.5. The number of fused-ring (bicyclic) bond motifs is 3. The molecule has 2 aliphatic carbocycles. The Morgan fingerprint density at radius 2 is 1.93 bits per heavy atom. The Labute approximate surface area is 165 Å². The molecule has 2 amide bonds. The molecular weight excluding hydrogens is 360 g/mol. The minimum Gasteiger partial charge on any atom is -0.353 e. The van der Waals surface area contributed by atoms with Gasteiger partial charge in [0.15, 0.2) is 0 Å². The van der Waals surface area contributed by atoms with Gasteiger partial charge in [-0.1, -0.05) is 42.6 Å². The summed E-state index contributed by atoms with van der Waals surface area (Å²) in [5.74, 6) is 1.50. The average Bonchev–Trinajstić information content (AvgIpc) is 2.67. The maximum Gasteiger partial charge on any atom is 0.244 e. The molecule has 0 bridgehead atoms. The molecule has 0 radical (unpaired) electrons. The second-order valence-electron chi connectivity index (χ2n) is 8.21. The molecule has 0 aromatic heterocycles. The first-order valence-corrected chi connectivity index (χ1v) is 10.5. The predicted molar refractivity (Wildman–Crippen MR) is 107 cm³/mol. The molecule has 1 heterocycles. The first kappa shape index (κ1) is 18.5. The summed E-state index contributed by atoms with van der Waals surface area (Å²) in [5, 5.41) is 7.00. The van der Waals surface area contributed by atoms with E-state index in [-0.39, 0.29) is 29.8 Å². The van der Waals surface area contributed by atoms with E-state index in [0.717, 1.165) is 31.2 Å². The van der Waals surface area contributed by atoms with Gasteiger partial charge in [-0.15, -0.1) is 0 Å². The molecule has 5 heteroatoms. The summed E-state index contributed by atoms with van der Waals surface area (Å²) >= 11 is 6.12. The molecule has 2 N–H and O–H groups in total. The molecule has 3 fully saturated rings. The van der Waals surface area contributed by atoms with Gasteiger partial charge in [0, 0.05) is 29.1 Å². The maximum atomic E-state index is 12.5. The van der Waals surface area contributed by atoms with Crippen LogP contribution in [0, 0.1) is 17.8 Å². The Morgan fingerprint density at radius 3 is 2.78 bits per heavy atom. The number of amides is 2. The highest BCUT2D eigenvalue weighted by Crippen LogP contribution is 2.44. The summed E-state index contributed by atoms with van der Waals surface area (Å²) in [6, 6.07) is 7.79. The van der Waals surface area contributed by atoms with Crippen LogP contribution in [0.15, 0.2) is 30.3 Å². The van der Waals surface area contributed by atoms with E-state index in [1.54, 1.807) is 12.2 Å². The molecule has 144 valence electrons. The summed E-state index contributed by atoms with van der Waals surface area (Å²) in [6.45, 7) is 0. The number of hydrogen-bond donors (Lipinski definition) is 2. The van der Waals surface area contributed by atoms with Crippen LogP contribution in [-0.2, 0) is 9.59 Å². The van der Waals surface area contributed by atoms with Crippen molar-refractivity contribution in [3.63, 3.8) is 0 Å². The first-order valence-electron chi connectivity index (χ1n) is 10.2. The van der Waals surface area contributed by atoms with E-state index in [1.807, 2.05) is 24.3 Å². The molecule has 1 saturated heterocycles. The van der Waals surface area contributed by atoms with Crippen LogP contribution in [0.25, 0.3) is 6.08 Å². The molecule has 5 atom stereocenters. The average molecular weight is 387 g/mol. The van der Waals surface area contributed by atoms with Crippen molar-refractivity contribution in [1.29, 1.82) is 0 Å². The third-order valence-corrected chi connectivity index (χ3v) is 6.95. The zero-order valence-corrected chi connectivity index (χ0v) is 16.3. The molecule has 5 unspecified atom stereocenters. The van der Waals surface area contributed by atoms with Crippen molar-refractivity contribution in [2.24, 2.45) is 17.8 Å². The van der Waals surface area contributed by atoms with Crippen LogP contribution in [0.1, 0.15) is 50.5 Å². The number of hydrogen-bond acceptors (Lipinski definition) is 2. The zero-order chi connectivity index (χ0) is 18.8. The number of carbonyl (C=O) groups is 2. The fourth-order valence-electron chi connectivity index (χ4n) is 5.32. The SMILES string of the molecule is O=C(/C=C/c1ccccc1Cl)NC1CCC2C(C1)NC(=O)C1CCCCC12. The van der Waals surface area contributed by atoms with E-state index in [9.17, 15) is 9.59 Å². The first-order chi connectivity index (χ1) is 13.1. The van der Waals surface area contributed by atoms with E-state index in [2.05, 4.69) is 10.6 Å². The second kappa shape index (κ2) is 8.05. The van der Waals surface area contributed by atoms with Crippen LogP contribution in [0.4, 0.5) is 0 Å². The van der Waals surface area contributed by atoms with Crippen molar-refractivity contribution in [2.45, 2.75) is 57.0 Å². The quantitative estimate of drug-likeness (QED) is 0.773. The van der Waals surface area contributed by atoms with Gasteiger partial charge in [0.2, 0.25) is 11.8 Å². The van der Waals surface area contributed by atoms with Crippen molar-refractivity contribution in [3.05, 3.63) is 40.9 Å². The van der Waals surface area contributed by atoms with Gasteiger partial charge in [-0.2, -0.15) is 0 Å². The van der Waals surface area contributed by atoms with Crippen molar-refractivity contribution in [3.8, 4) is 0 Å². The van der Waals surface area contributed by atoms with Gasteiger partial charge >= 0.3 is 0 Å². The number of benzene rings is 1. The lowest BCUT2D eigenvalue weighted by Gasteiger charge is -2.49. The monoisotopic (exact) mass is 386 g/mol. The largest absolute Gasteiger partial charge is 0.353 e. The van der Waals surface area contributed by atoms with Crippen LogP contribution < -0.4 is 10.6 Å². The normalized spacial score (nSPS) is 33.1. The molecule has 27 heavy (non-hydrogen) atoms. The van der Waals surface area contributed by atoms with Gasteiger partial charge in [0.25, 0.3) is 0 Å². The van der Waals surface area contributed by atoms with Crippen LogP contribution in [0.2, 0.25) is 5.02 Å².